The first-order valence-electron chi connectivity index (χ1n) is 7.79. The van der Waals surface area contributed by atoms with Crippen LogP contribution in [0.15, 0.2) is 60.7 Å². The van der Waals surface area contributed by atoms with Crippen LogP contribution >= 0.6 is 0 Å². The predicted octanol–water partition coefficient (Wildman–Crippen LogP) is 3.59. The first-order chi connectivity index (χ1) is 10.6. The summed E-state index contributed by atoms with van der Waals surface area (Å²) >= 11 is 0. The number of anilines is 1. The van der Waals surface area contributed by atoms with Gasteiger partial charge in [0.25, 0.3) is 0 Å². The third-order valence-corrected chi connectivity index (χ3v) is 4.06. The van der Waals surface area contributed by atoms with Gasteiger partial charge in [-0.25, -0.2) is 0 Å². The summed E-state index contributed by atoms with van der Waals surface area (Å²) < 4.78 is 0. The molecule has 0 aliphatic rings. The quantitative estimate of drug-likeness (QED) is 0.885. The summed E-state index contributed by atoms with van der Waals surface area (Å²) in [6.45, 7) is 4.62. The fraction of sp³-hybridized carbons (Fsp3) is 0.316. The van der Waals surface area contributed by atoms with Gasteiger partial charge in [0.1, 0.15) is 0 Å². The molecule has 0 saturated heterocycles. The monoisotopic (exact) mass is 296 g/mol. The molecule has 3 heteroatoms. The second-order valence-corrected chi connectivity index (χ2v) is 5.66. The van der Waals surface area contributed by atoms with Gasteiger partial charge in [-0.1, -0.05) is 68.8 Å². The van der Waals surface area contributed by atoms with Crippen LogP contribution in [-0.4, -0.2) is 11.9 Å². The molecule has 2 rings (SSSR count). The van der Waals surface area contributed by atoms with E-state index in [-0.39, 0.29) is 11.8 Å². The topological polar surface area (TPSA) is 46.3 Å². The number of para-hydroxylation sites is 1. The third-order valence-electron chi connectivity index (χ3n) is 4.06. The molecule has 0 spiro atoms. The number of nitrogens with zero attached hydrogens (tertiary/aromatic N) is 1. The van der Waals surface area contributed by atoms with Crippen LogP contribution in [0, 0.1) is 5.92 Å². The van der Waals surface area contributed by atoms with E-state index < -0.39 is 6.04 Å². The van der Waals surface area contributed by atoms with E-state index >= 15 is 0 Å². The van der Waals surface area contributed by atoms with Crippen LogP contribution in [0.25, 0.3) is 0 Å². The number of amides is 1. The summed E-state index contributed by atoms with van der Waals surface area (Å²) in [5, 5.41) is 0. The van der Waals surface area contributed by atoms with E-state index in [4.69, 9.17) is 5.73 Å². The molecule has 0 saturated carbocycles. The summed E-state index contributed by atoms with van der Waals surface area (Å²) in [5.74, 6) is 0.138. The van der Waals surface area contributed by atoms with Crippen LogP contribution in [0.1, 0.15) is 25.8 Å². The van der Waals surface area contributed by atoms with Crippen molar-refractivity contribution in [2.45, 2.75) is 32.9 Å². The Hall–Kier alpha value is -2.13. The first kappa shape index (κ1) is 16.2. The maximum absolute atomic E-state index is 12.8. The summed E-state index contributed by atoms with van der Waals surface area (Å²) in [5.41, 5.74) is 8.15. The van der Waals surface area contributed by atoms with Crippen LogP contribution in [0.3, 0.4) is 0 Å². The van der Waals surface area contributed by atoms with Crippen molar-refractivity contribution in [3.63, 3.8) is 0 Å². The van der Waals surface area contributed by atoms with E-state index in [0.717, 1.165) is 17.7 Å². The normalized spacial score (nSPS) is 13.4. The van der Waals surface area contributed by atoms with Crippen LogP contribution in [0.2, 0.25) is 0 Å². The van der Waals surface area contributed by atoms with Gasteiger partial charge in [0.15, 0.2) is 0 Å². The Labute approximate surface area is 132 Å². The van der Waals surface area contributed by atoms with Gasteiger partial charge in [0, 0.05) is 5.69 Å². The Morgan fingerprint density at radius 2 is 1.59 bits per heavy atom. The number of carbonyl (C=O) groups is 1. The second kappa shape index (κ2) is 7.76. The lowest BCUT2D eigenvalue weighted by molar-refractivity contribution is -0.121. The van der Waals surface area contributed by atoms with Crippen molar-refractivity contribution in [2.75, 3.05) is 4.90 Å². The first-order valence-corrected chi connectivity index (χ1v) is 7.79. The van der Waals surface area contributed by atoms with Crippen molar-refractivity contribution in [3.05, 3.63) is 66.2 Å². The Morgan fingerprint density at radius 1 is 1.05 bits per heavy atom. The zero-order valence-corrected chi connectivity index (χ0v) is 13.3. The highest BCUT2D eigenvalue weighted by Gasteiger charge is 2.26. The predicted molar refractivity (Wildman–Crippen MR) is 91.5 cm³/mol. The van der Waals surface area contributed by atoms with Gasteiger partial charge in [-0.2, -0.15) is 0 Å². The summed E-state index contributed by atoms with van der Waals surface area (Å²) in [6, 6.07) is 19.2. The van der Waals surface area contributed by atoms with Crippen molar-refractivity contribution in [1.82, 2.24) is 0 Å². The number of carbonyl (C=O) groups excluding carboxylic acids is 1. The Bertz CT molecular complexity index is 583. The molecule has 1 amide bonds. The minimum Gasteiger partial charge on any atom is -0.320 e. The largest absolute Gasteiger partial charge is 0.320 e. The lowest BCUT2D eigenvalue weighted by Gasteiger charge is -2.28. The van der Waals surface area contributed by atoms with Gasteiger partial charge in [-0.3, -0.25) is 4.79 Å². The molecule has 2 N–H and O–H groups in total. The molecule has 0 bridgehead atoms. The molecule has 2 aromatic carbocycles. The van der Waals surface area contributed by atoms with Gasteiger partial charge < -0.3 is 10.6 Å². The van der Waals surface area contributed by atoms with Gasteiger partial charge in [-0.15, -0.1) is 0 Å². The number of benzene rings is 2. The molecule has 0 fully saturated rings. The highest BCUT2D eigenvalue weighted by molar-refractivity contribution is 5.97. The van der Waals surface area contributed by atoms with Crippen molar-refractivity contribution < 1.29 is 4.79 Å². The molecule has 3 nitrogen and oxygen atoms in total. The highest BCUT2D eigenvalue weighted by atomic mass is 16.2. The van der Waals surface area contributed by atoms with Gasteiger partial charge in [0.2, 0.25) is 5.91 Å². The zero-order chi connectivity index (χ0) is 15.9. The molecular formula is C19H24N2O. The van der Waals surface area contributed by atoms with Crippen molar-refractivity contribution in [2.24, 2.45) is 11.7 Å². The van der Waals surface area contributed by atoms with E-state index in [1.54, 1.807) is 4.90 Å². The average molecular weight is 296 g/mol. The maximum atomic E-state index is 12.8. The molecule has 0 aliphatic heterocycles. The van der Waals surface area contributed by atoms with Crippen molar-refractivity contribution in [1.29, 1.82) is 0 Å². The van der Waals surface area contributed by atoms with Crippen LogP contribution < -0.4 is 10.6 Å². The van der Waals surface area contributed by atoms with E-state index in [1.807, 2.05) is 67.6 Å². The number of hydrogen-bond donors (Lipinski definition) is 1. The van der Waals surface area contributed by atoms with E-state index in [2.05, 4.69) is 6.92 Å². The zero-order valence-electron chi connectivity index (χ0n) is 13.3. The standard InChI is InChI=1S/C19H24N2O/c1-3-15(2)18(20)19(22)21(17-12-8-5-9-13-17)14-16-10-6-4-7-11-16/h4-13,15,18H,3,14,20H2,1-2H3/t15?,18-/m0/s1. The minimum absolute atomic E-state index is 0.0237. The minimum atomic E-state index is -0.478. The lowest BCUT2D eigenvalue weighted by Crippen LogP contribution is -2.47. The Kier molecular flexibility index (Phi) is 5.73. The fourth-order valence-corrected chi connectivity index (χ4v) is 2.35. The smallest absolute Gasteiger partial charge is 0.244 e. The summed E-state index contributed by atoms with van der Waals surface area (Å²) in [4.78, 5) is 14.6. The molecular weight excluding hydrogens is 272 g/mol. The molecule has 0 aliphatic carbocycles. The van der Waals surface area contributed by atoms with Gasteiger partial charge in [-0.05, 0) is 23.6 Å². The molecule has 2 atom stereocenters. The highest BCUT2D eigenvalue weighted by Crippen LogP contribution is 2.20. The fourth-order valence-electron chi connectivity index (χ4n) is 2.35. The average Bonchev–Trinajstić information content (AvgIpc) is 2.59. The van der Waals surface area contributed by atoms with Crippen molar-refractivity contribution >= 4 is 11.6 Å². The maximum Gasteiger partial charge on any atom is 0.244 e. The number of nitrogens with two attached hydrogens (primary N) is 1. The van der Waals surface area contributed by atoms with E-state index in [0.29, 0.717) is 6.54 Å². The molecule has 22 heavy (non-hydrogen) atoms. The van der Waals surface area contributed by atoms with Gasteiger partial charge in [0.05, 0.1) is 12.6 Å². The molecule has 116 valence electrons. The lowest BCUT2D eigenvalue weighted by atomic mass is 9.98. The van der Waals surface area contributed by atoms with Crippen LogP contribution in [0.5, 0.6) is 0 Å². The number of rotatable bonds is 6. The van der Waals surface area contributed by atoms with Crippen molar-refractivity contribution in [3.8, 4) is 0 Å². The number of hydrogen-bond acceptors (Lipinski definition) is 2. The molecule has 1 unspecified atom stereocenters. The van der Waals surface area contributed by atoms with Crippen LogP contribution in [-0.2, 0) is 11.3 Å². The molecule has 0 aromatic heterocycles. The molecule has 2 aromatic rings. The van der Waals surface area contributed by atoms with E-state index in [1.165, 1.54) is 0 Å². The second-order valence-electron chi connectivity index (χ2n) is 5.66. The molecule has 0 heterocycles. The molecule has 0 radical (unpaired) electrons. The van der Waals surface area contributed by atoms with Gasteiger partial charge >= 0.3 is 0 Å². The van der Waals surface area contributed by atoms with E-state index in [9.17, 15) is 4.79 Å². The Balaban J connectivity index is 2.28. The summed E-state index contributed by atoms with van der Waals surface area (Å²) in [6.07, 6.45) is 0.890. The van der Waals surface area contributed by atoms with Crippen LogP contribution in [0.4, 0.5) is 5.69 Å². The Morgan fingerprint density at radius 3 is 2.14 bits per heavy atom. The SMILES string of the molecule is CCC(C)[C@H](N)C(=O)N(Cc1ccccc1)c1ccccc1. The summed E-state index contributed by atoms with van der Waals surface area (Å²) in [7, 11) is 0. The third kappa shape index (κ3) is 3.95.